The van der Waals surface area contributed by atoms with Gasteiger partial charge in [0, 0.05) is 10.9 Å². The van der Waals surface area contributed by atoms with E-state index in [1.165, 1.54) is 6.07 Å². The van der Waals surface area contributed by atoms with Crippen LogP contribution in [0, 0.1) is 11.6 Å². The topological polar surface area (TPSA) is 55.1 Å². The van der Waals surface area contributed by atoms with Crippen LogP contribution >= 0.6 is 0 Å². The second-order valence-corrected chi connectivity index (χ2v) is 6.30. The summed E-state index contributed by atoms with van der Waals surface area (Å²) in [6.45, 7) is 3.11. The van der Waals surface area contributed by atoms with Gasteiger partial charge in [0.15, 0.2) is 11.6 Å². The fourth-order valence-corrected chi connectivity index (χ4v) is 2.57. The molecular formula is C18H16F2N2O2. The summed E-state index contributed by atoms with van der Waals surface area (Å²) in [5.41, 5.74) is -0.785. The van der Waals surface area contributed by atoms with Crippen LogP contribution in [0.2, 0.25) is 0 Å². The number of hydrogen-bond acceptors (Lipinski definition) is 3. The molecule has 1 heterocycles. The van der Waals surface area contributed by atoms with Crippen LogP contribution in [0.15, 0.2) is 47.3 Å². The highest BCUT2D eigenvalue weighted by atomic mass is 19.2. The quantitative estimate of drug-likeness (QED) is 0.803. The number of rotatable bonds is 3. The maximum atomic E-state index is 13.6. The molecule has 0 radical (unpaired) electrons. The van der Waals surface area contributed by atoms with Gasteiger partial charge >= 0.3 is 0 Å². The number of halogens is 2. The third-order valence-corrected chi connectivity index (χ3v) is 3.60. The average Bonchev–Trinajstić information content (AvgIpc) is 2.52. The molecule has 0 aliphatic rings. The molecule has 0 unspecified atom stereocenters. The van der Waals surface area contributed by atoms with Crippen molar-refractivity contribution in [1.29, 1.82) is 0 Å². The first-order chi connectivity index (χ1) is 11.3. The Morgan fingerprint density at radius 2 is 1.75 bits per heavy atom. The number of benzene rings is 2. The summed E-state index contributed by atoms with van der Waals surface area (Å²) in [5.74, 6) is -1.94. The van der Waals surface area contributed by atoms with Gasteiger partial charge in [-0.15, -0.1) is 0 Å². The molecule has 3 rings (SSSR count). The van der Waals surface area contributed by atoms with E-state index in [1.54, 1.807) is 38.1 Å². The first kappa shape index (κ1) is 16.3. The number of aliphatic hydroxyl groups is 1. The van der Waals surface area contributed by atoms with E-state index in [0.717, 1.165) is 16.8 Å². The summed E-state index contributed by atoms with van der Waals surface area (Å²) in [6, 6.07) is 10.3. The van der Waals surface area contributed by atoms with Crippen molar-refractivity contribution >= 4 is 10.8 Å². The lowest BCUT2D eigenvalue weighted by Crippen LogP contribution is -2.34. The van der Waals surface area contributed by atoms with Crippen molar-refractivity contribution in [2.24, 2.45) is 0 Å². The Labute approximate surface area is 137 Å². The minimum absolute atomic E-state index is 0.0205. The Morgan fingerprint density at radius 3 is 2.38 bits per heavy atom. The highest BCUT2D eigenvalue weighted by Crippen LogP contribution is 2.26. The molecule has 0 aliphatic heterocycles. The van der Waals surface area contributed by atoms with Crippen LogP contribution < -0.4 is 5.56 Å². The predicted octanol–water partition coefficient (Wildman–Crippen LogP) is 3.11. The van der Waals surface area contributed by atoms with Gasteiger partial charge in [0.2, 0.25) is 0 Å². The van der Waals surface area contributed by atoms with E-state index in [9.17, 15) is 18.7 Å². The molecular weight excluding hydrogens is 314 g/mol. The van der Waals surface area contributed by atoms with E-state index in [0.29, 0.717) is 22.0 Å². The second-order valence-electron chi connectivity index (χ2n) is 6.30. The zero-order chi connectivity index (χ0) is 17.5. The number of aromatic nitrogens is 2. The van der Waals surface area contributed by atoms with Gasteiger partial charge in [-0.05, 0) is 38.1 Å². The van der Waals surface area contributed by atoms with Gasteiger partial charge in [-0.1, -0.05) is 18.2 Å². The molecule has 0 bridgehead atoms. The molecule has 6 heteroatoms. The van der Waals surface area contributed by atoms with Crippen LogP contribution in [-0.2, 0) is 6.54 Å². The normalized spacial score (nSPS) is 11.9. The Hall–Kier alpha value is -2.60. The van der Waals surface area contributed by atoms with Crippen molar-refractivity contribution in [3.05, 3.63) is 64.5 Å². The Balaban J connectivity index is 2.31. The van der Waals surface area contributed by atoms with Gasteiger partial charge < -0.3 is 5.11 Å². The molecule has 0 saturated carbocycles. The van der Waals surface area contributed by atoms with Gasteiger partial charge in [-0.25, -0.2) is 13.5 Å². The molecule has 1 aromatic heterocycles. The van der Waals surface area contributed by atoms with Crippen LogP contribution in [0.5, 0.6) is 0 Å². The summed E-state index contributed by atoms with van der Waals surface area (Å²) in [7, 11) is 0. The lowest BCUT2D eigenvalue weighted by Gasteiger charge is -2.19. The minimum atomic E-state index is -1.15. The Bertz CT molecular complexity index is 975. The largest absolute Gasteiger partial charge is 0.389 e. The molecule has 0 fully saturated rings. The molecule has 2 aromatic carbocycles. The van der Waals surface area contributed by atoms with Crippen molar-refractivity contribution < 1.29 is 13.9 Å². The molecule has 3 aromatic rings. The van der Waals surface area contributed by atoms with Crippen LogP contribution in [-0.4, -0.2) is 20.5 Å². The van der Waals surface area contributed by atoms with Gasteiger partial charge in [-0.3, -0.25) is 4.79 Å². The molecule has 0 amide bonds. The molecule has 24 heavy (non-hydrogen) atoms. The minimum Gasteiger partial charge on any atom is -0.389 e. The first-order valence-corrected chi connectivity index (χ1v) is 7.44. The highest BCUT2D eigenvalue weighted by molar-refractivity contribution is 5.93. The molecule has 0 saturated heterocycles. The standard InChI is InChI=1S/C18H16F2N2O2/c1-18(2,24)10-22-17(23)13-6-4-3-5-12(13)16(21-22)11-7-8-14(19)15(20)9-11/h3-9,24H,10H2,1-2H3. The number of fused-ring (bicyclic) bond motifs is 1. The lowest BCUT2D eigenvalue weighted by molar-refractivity contribution is 0.0564. The molecule has 4 nitrogen and oxygen atoms in total. The molecule has 124 valence electrons. The van der Waals surface area contributed by atoms with Crippen LogP contribution in [0.4, 0.5) is 8.78 Å². The van der Waals surface area contributed by atoms with Crippen LogP contribution in [0.3, 0.4) is 0 Å². The number of nitrogens with zero attached hydrogens (tertiary/aromatic N) is 2. The smallest absolute Gasteiger partial charge is 0.274 e. The van der Waals surface area contributed by atoms with Crippen molar-refractivity contribution in [2.45, 2.75) is 26.0 Å². The van der Waals surface area contributed by atoms with Gasteiger partial charge in [-0.2, -0.15) is 5.10 Å². The Kier molecular flexibility index (Phi) is 3.93. The molecule has 0 aliphatic carbocycles. The Morgan fingerprint density at radius 1 is 1.08 bits per heavy atom. The highest BCUT2D eigenvalue weighted by Gasteiger charge is 2.19. The summed E-state index contributed by atoms with van der Waals surface area (Å²) in [6.07, 6.45) is 0. The van der Waals surface area contributed by atoms with E-state index in [-0.39, 0.29) is 12.1 Å². The van der Waals surface area contributed by atoms with E-state index in [2.05, 4.69) is 5.10 Å². The third-order valence-electron chi connectivity index (χ3n) is 3.60. The van der Waals surface area contributed by atoms with Crippen molar-refractivity contribution in [1.82, 2.24) is 9.78 Å². The molecule has 0 spiro atoms. The predicted molar refractivity (Wildman–Crippen MR) is 87.7 cm³/mol. The zero-order valence-electron chi connectivity index (χ0n) is 13.3. The summed E-state index contributed by atoms with van der Waals surface area (Å²) in [5, 5.41) is 15.2. The number of hydrogen-bond donors (Lipinski definition) is 1. The zero-order valence-corrected chi connectivity index (χ0v) is 13.3. The SMILES string of the molecule is CC(C)(O)Cn1nc(-c2ccc(F)c(F)c2)c2ccccc2c1=O. The molecule has 1 N–H and O–H groups in total. The second kappa shape index (κ2) is 5.79. The maximum absolute atomic E-state index is 13.6. The summed E-state index contributed by atoms with van der Waals surface area (Å²) in [4.78, 5) is 12.6. The summed E-state index contributed by atoms with van der Waals surface area (Å²) < 4.78 is 28.0. The van der Waals surface area contributed by atoms with Gasteiger partial charge in [0.1, 0.15) is 0 Å². The van der Waals surface area contributed by atoms with Crippen molar-refractivity contribution in [3.8, 4) is 11.3 Å². The molecule has 0 atom stereocenters. The fraction of sp³-hybridized carbons (Fsp3) is 0.222. The average molecular weight is 330 g/mol. The van der Waals surface area contributed by atoms with Crippen molar-refractivity contribution in [3.63, 3.8) is 0 Å². The van der Waals surface area contributed by atoms with E-state index in [4.69, 9.17) is 0 Å². The fourth-order valence-electron chi connectivity index (χ4n) is 2.57. The van der Waals surface area contributed by atoms with E-state index >= 15 is 0 Å². The van der Waals surface area contributed by atoms with Gasteiger partial charge in [0.25, 0.3) is 5.56 Å². The summed E-state index contributed by atoms with van der Waals surface area (Å²) >= 11 is 0. The maximum Gasteiger partial charge on any atom is 0.274 e. The first-order valence-electron chi connectivity index (χ1n) is 7.44. The lowest BCUT2D eigenvalue weighted by atomic mass is 10.0. The van der Waals surface area contributed by atoms with E-state index in [1.807, 2.05) is 0 Å². The van der Waals surface area contributed by atoms with Crippen molar-refractivity contribution in [2.75, 3.05) is 0 Å². The van der Waals surface area contributed by atoms with Gasteiger partial charge in [0.05, 0.1) is 23.2 Å². The van der Waals surface area contributed by atoms with Crippen LogP contribution in [0.1, 0.15) is 13.8 Å². The van der Waals surface area contributed by atoms with E-state index < -0.39 is 17.2 Å². The van der Waals surface area contributed by atoms with Crippen LogP contribution in [0.25, 0.3) is 22.0 Å². The monoisotopic (exact) mass is 330 g/mol. The third kappa shape index (κ3) is 3.05.